The third kappa shape index (κ3) is 3.97. The first-order valence-corrected chi connectivity index (χ1v) is 9.23. The van der Waals surface area contributed by atoms with Crippen LogP contribution in [-0.2, 0) is 6.54 Å². The SMILES string of the molecule is CC(C)c1cc(C(=O)N(C)Cc2cc([N+](=O)[O-])ccc2Cl)c2ccccc2n1. The van der Waals surface area contributed by atoms with E-state index >= 15 is 0 Å². The van der Waals surface area contributed by atoms with E-state index in [0.717, 1.165) is 16.6 Å². The molecule has 0 radical (unpaired) electrons. The van der Waals surface area contributed by atoms with Gasteiger partial charge in [-0.15, -0.1) is 0 Å². The van der Waals surface area contributed by atoms with Gasteiger partial charge in [0.15, 0.2) is 0 Å². The van der Waals surface area contributed by atoms with Gasteiger partial charge in [0.25, 0.3) is 11.6 Å². The average Bonchev–Trinajstić information content (AvgIpc) is 2.67. The van der Waals surface area contributed by atoms with Crippen LogP contribution < -0.4 is 0 Å². The summed E-state index contributed by atoms with van der Waals surface area (Å²) in [6.07, 6.45) is 0. The summed E-state index contributed by atoms with van der Waals surface area (Å²) in [7, 11) is 1.65. The van der Waals surface area contributed by atoms with Crippen LogP contribution in [0.3, 0.4) is 0 Å². The molecule has 1 aromatic heterocycles. The Kier molecular flexibility index (Phi) is 5.61. The molecule has 2 aromatic carbocycles. The molecule has 0 aliphatic rings. The molecule has 7 heteroatoms. The number of nitro groups is 1. The lowest BCUT2D eigenvalue weighted by Gasteiger charge is -2.20. The molecule has 1 heterocycles. The minimum atomic E-state index is -0.479. The second kappa shape index (κ2) is 7.94. The molecule has 0 saturated carbocycles. The number of nitro benzene ring substituents is 1. The molecule has 0 unspecified atom stereocenters. The van der Waals surface area contributed by atoms with Gasteiger partial charge in [-0.2, -0.15) is 0 Å². The maximum absolute atomic E-state index is 13.2. The number of aromatic nitrogens is 1. The Morgan fingerprint density at radius 3 is 2.61 bits per heavy atom. The molecular weight excluding hydrogens is 378 g/mol. The summed E-state index contributed by atoms with van der Waals surface area (Å²) in [4.78, 5) is 29.9. The lowest BCUT2D eigenvalue weighted by molar-refractivity contribution is -0.384. The van der Waals surface area contributed by atoms with Crippen LogP contribution in [0.15, 0.2) is 48.5 Å². The van der Waals surface area contributed by atoms with Gasteiger partial charge in [-0.3, -0.25) is 19.9 Å². The van der Waals surface area contributed by atoms with E-state index in [1.165, 1.54) is 23.1 Å². The molecule has 0 spiro atoms. The topological polar surface area (TPSA) is 76.3 Å². The summed E-state index contributed by atoms with van der Waals surface area (Å²) in [5.41, 5.74) is 2.62. The molecular formula is C21H20ClN3O3. The first-order chi connectivity index (χ1) is 13.3. The predicted octanol–water partition coefficient (Wildman–Crippen LogP) is 5.19. The van der Waals surface area contributed by atoms with Gasteiger partial charge in [0.05, 0.1) is 16.0 Å². The number of carbonyl (C=O) groups excluding carboxylic acids is 1. The molecule has 3 rings (SSSR count). The minimum absolute atomic E-state index is 0.0586. The zero-order chi connectivity index (χ0) is 20.4. The number of nitrogens with zero attached hydrogens (tertiary/aromatic N) is 3. The maximum Gasteiger partial charge on any atom is 0.269 e. The Balaban J connectivity index is 1.98. The summed E-state index contributed by atoms with van der Waals surface area (Å²) in [5, 5.41) is 12.2. The third-order valence-corrected chi connectivity index (χ3v) is 4.92. The van der Waals surface area contributed by atoms with Crippen molar-refractivity contribution in [2.75, 3.05) is 7.05 Å². The van der Waals surface area contributed by atoms with Gasteiger partial charge >= 0.3 is 0 Å². The van der Waals surface area contributed by atoms with E-state index in [9.17, 15) is 14.9 Å². The van der Waals surface area contributed by atoms with Gasteiger partial charge < -0.3 is 4.90 Å². The van der Waals surface area contributed by atoms with Crippen LogP contribution in [0, 0.1) is 10.1 Å². The van der Waals surface area contributed by atoms with Crippen molar-refractivity contribution >= 4 is 34.1 Å². The molecule has 144 valence electrons. The first-order valence-electron chi connectivity index (χ1n) is 8.86. The van der Waals surface area contributed by atoms with Crippen LogP contribution in [0.2, 0.25) is 5.02 Å². The Hall–Kier alpha value is -2.99. The van der Waals surface area contributed by atoms with E-state index in [-0.39, 0.29) is 24.1 Å². The molecule has 0 saturated heterocycles. The van der Waals surface area contributed by atoms with Gasteiger partial charge in [-0.05, 0) is 29.7 Å². The number of para-hydroxylation sites is 1. The van der Waals surface area contributed by atoms with Crippen molar-refractivity contribution in [1.29, 1.82) is 0 Å². The summed E-state index contributed by atoms with van der Waals surface area (Å²) >= 11 is 6.19. The number of fused-ring (bicyclic) bond motifs is 1. The lowest BCUT2D eigenvalue weighted by Crippen LogP contribution is -2.27. The van der Waals surface area contributed by atoms with Crippen molar-refractivity contribution in [3.8, 4) is 0 Å². The van der Waals surface area contributed by atoms with Crippen molar-refractivity contribution in [2.45, 2.75) is 26.3 Å². The molecule has 3 aromatic rings. The van der Waals surface area contributed by atoms with Crippen LogP contribution >= 0.6 is 11.6 Å². The normalized spacial score (nSPS) is 11.0. The summed E-state index contributed by atoms with van der Waals surface area (Å²) in [6, 6.07) is 13.6. The molecule has 0 atom stereocenters. The summed E-state index contributed by atoms with van der Waals surface area (Å²) < 4.78 is 0. The Morgan fingerprint density at radius 2 is 1.93 bits per heavy atom. The number of carbonyl (C=O) groups is 1. The number of non-ortho nitro benzene ring substituents is 1. The van der Waals surface area contributed by atoms with Crippen LogP contribution in [0.25, 0.3) is 10.9 Å². The monoisotopic (exact) mass is 397 g/mol. The van der Waals surface area contributed by atoms with Gasteiger partial charge in [-0.25, -0.2) is 0 Å². The third-order valence-electron chi connectivity index (χ3n) is 4.55. The maximum atomic E-state index is 13.2. The summed E-state index contributed by atoms with van der Waals surface area (Å²) in [5.74, 6) is -0.0178. The van der Waals surface area contributed by atoms with Crippen molar-refractivity contribution in [3.05, 3.63) is 80.5 Å². The second-order valence-electron chi connectivity index (χ2n) is 6.96. The highest BCUT2D eigenvalue weighted by Gasteiger charge is 2.19. The number of benzene rings is 2. The fourth-order valence-electron chi connectivity index (χ4n) is 3.00. The Morgan fingerprint density at radius 1 is 1.21 bits per heavy atom. The van der Waals surface area contributed by atoms with Crippen LogP contribution in [0.4, 0.5) is 5.69 Å². The molecule has 0 bridgehead atoms. The van der Waals surface area contributed by atoms with Crippen molar-refractivity contribution in [1.82, 2.24) is 9.88 Å². The average molecular weight is 398 g/mol. The molecule has 1 amide bonds. The van der Waals surface area contributed by atoms with Crippen molar-refractivity contribution in [3.63, 3.8) is 0 Å². The van der Waals surface area contributed by atoms with E-state index < -0.39 is 4.92 Å². The van der Waals surface area contributed by atoms with E-state index in [1.807, 2.05) is 44.2 Å². The molecule has 6 nitrogen and oxygen atoms in total. The zero-order valence-corrected chi connectivity index (χ0v) is 16.6. The number of hydrogen-bond donors (Lipinski definition) is 0. The lowest BCUT2D eigenvalue weighted by atomic mass is 10.0. The zero-order valence-electron chi connectivity index (χ0n) is 15.8. The van der Waals surface area contributed by atoms with Crippen LogP contribution in [0.1, 0.15) is 41.4 Å². The number of pyridine rings is 1. The predicted molar refractivity (Wildman–Crippen MR) is 110 cm³/mol. The van der Waals surface area contributed by atoms with Gasteiger partial charge in [0.2, 0.25) is 0 Å². The van der Waals surface area contributed by atoms with Gasteiger partial charge in [0, 0.05) is 41.8 Å². The fraction of sp³-hybridized carbons (Fsp3) is 0.238. The number of halogens is 1. The molecule has 0 N–H and O–H groups in total. The molecule has 0 aliphatic heterocycles. The quantitative estimate of drug-likeness (QED) is 0.438. The number of hydrogen-bond acceptors (Lipinski definition) is 4. The largest absolute Gasteiger partial charge is 0.337 e. The van der Waals surface area contributed by atoms with E-state index in [4.69, 9.17) is 11.6 Å². The standard InChI is InChI=1S/C21H20ClN3O3/c1-13(2)20-11-17(16-6-4-5-7-19(16)23-20)21(26)24(3)12-14-10-15(25(27)28)8-9-18(14)22/h4-11,13H,12H2,1-3H3. The van der Waals surface area contributed by atoms with Crippen molar-refractivity contribution in [2.24, 2.45) is 0 Å². The Labute approximate surface area is 167 Å². The number of rotatable bonds is 5. The molecule has 28 heavy (non-hydrogen) atoms. The molecule has 0 aliphatic carbocycles. The summed E-state index contributed by atoms with van der Waals surface area (Å²) in [6.45, 7) is 4.21. The van der Waals surface area contributed by atoms with E-state index in [1.54, 1.807) is 7.05 Å². The highest BCUT2D eigenvalue weighted by Crippen LogP contribution is 2.26. The minimum Gasteiger partial charge on any atom is -0.337 e. The highest BCUT2D eigenvalue weighted by atomic mass is 35.5. The fourth-order valence-corrected chi connectivity index (χ4v) is 3.17. The Bertz CT molecular complexity index is 1070. The van der Waals surface area contributed by atoms with E-state index in [2.05, 4.69) is 4.98 Å². The number of amides is 1. The van der Waals surface area contributed by atoms with Crippen LogP contribution in [0.5, 0.6) is 0 Å². The second-order valence-corrected chi connectivity index (χ2v) is 7.37. The first kappa shape index (κ1) is 19.8. The highest BCUT2D eigenvalue weighted by molar-refractivity contribution is 6.31. The van der Waals surface area contributed by atoms with Gasteiger partial charge in [0.1, 0.15) is 0 Å². The molecule has 0 fully saturated rings. The van der Waals surface area contributed by atoms with Crippen molar-refractivity contribution < 1.29 is 9.72 Å². The van der Waals surface area contributed by atoms with E-state index in [0.29, 0.717) is 16.1 Å². The van der Waals surface area contributed by atoms with Crippen LogP contribution in [-0.4, -0.2) is 27.8 Å². The van der Waals surface area contributed by atoms with Gasteiger partial charge in [-0.1, -0.05) is 43.6 Å². The smallest absolute Gasteiger partial charge is 0.269 e.